The maximum Gasteiger partial charge on any atom is 0.334 e. The summed E-state index contributed by atoms with van der Waals surface area (Å²) in [5.74, 6) is -4.83. The molecule has 3 aromatic carbocycles. The van der Waals surface area contributed by atoms with Gasteiger partial charge < -0.3 is 19.3 Å². The maximum absolute atomic E-state index is 13.8. The lowest BCUT2D eigenvalue weighted by atomic mass is 10.0. The van der Waals surface area contributed by atoms with E-state index in [4.69, 9.17) is 13.2 Å². The molecule has 2 N–H and O–H groups in total. The van der Waals surface area contributed by atoms with Crippen LogP contribution in [0, 0.1) is 12.8 Å². The van der Waals surface area contributed by atoms with Gasteiger partial charge in [-0.1, -0.05) is 78.4 Å². The van der Waals surface area contributed by atoms with Gasteiger partial charge in [0.1, 0.15) is 0 Å². The molecule has 0 saturated carbocycles. The van der Waals surface area contributed by atoms with Crippen molar-refractivity contribution in [2.24, 2.45) is 5.92 Å². The number of benzene rings is 3. The average molecular weight is 577 g/mol. The lowest BCUT2D eigenvalue weighted by Gasteiger charge is -2.24. The van der Waals surface area contributed by atoms with E-state index in [1.54, 1.807) is 67.6 Å². The summed E-state index contributed by atoms with van der Waals surface area (Å²) < 4.78 is 55.2. The van der Waals surface area contributed by atoms with Crippen LogP contribution in [-0.4, -0.2) is 42.8 Å². The van der Waals surface area contributed by atoms with Gasteiger partial charge in [-0.3, -0.25) is 13.5 Å². The molecule has 0 bridgehead atoms. The van der Waals surface area contributed by atoms with Gasteiger partial charge in [-0.25, -0.2) is 4.79 Å². The van der Waals surface area contributed by atoms with E-state index in [9.17, 15) is 32.8 Å². The zero-order chi connectivity index (χ0) is 28.5. The molecule has 2 atom stereocenters. The molecule has 0 aliphatic rings. The van der Waals surface area contributed by atoms with Crippen LogP contribution in [0.4, 0.5) is 0 Å². The summed E-state index contributed by atoms with van der Waals surface area (Å²) in [4.78, 5) is 23.7. The lowest BCUT2D eigenvalue weighted by Crippen LogP contribution is -2.33. The molecule has 3 aromatic rings. The Balaban J connectivity index is 1.81. The number of hydrogen-bond acceptors (Lipinski definition) is 8. The third kappa shape index (κ3) is 9.42. The summed E-state index contributed by atoms with van der Waals surface area (Å²) in [5, 5.41) is 19.5. The van der Waals surface area contributed by atoms with Crippen molar-refractivity contribution in [3.63, 3.8) is 0 Å². The number of aryl methyl sites for hydroxylation is 1. The molecule has 208 valence electrons. The van der Waals surface area contributed by atoms with Gasteiger partial charge in [0.25, 0.3) is 10.1 Å². The van der Waals surface area contributed by atoms with Gasteiger partial charge in [0.2, 0.25) is 0 Å². The highest BCUT2D eigenvalue weighted by Gasteiger charge is 2.38. The topological polar surface area (TPSA) is 154 Å². The van der Waals surface area contributed by atoms with E-state index in [1.807, 2.05) is 0 Å². The predicted octanol–water partition coefficient (Wildman–Crippen LogP) is 4.87. The van der Waals surface area contributed by atoms with Gasteiger partial charge in [-0.2, -0.15) is 8.42 Å². The maximum atomic E-state index is 13.8. The van der Waals surface area contributed by atoms with Gasteiger partial charge in [0, 0.05) is 0 Å². The Bertz CT molecular complexity index is 1350. The van der Waals surface area contributed by atoms with Crippen LogP contribution in [0.2, 0.25) is 0 Å². The second-order valence-corrected chi connectivity index (χ2v) is 12.4. The fraction of sp³-hybridized carbons (Fsp3) is 0.259. The van der Waals surface area contributed by atoms with Crippen LogP contribution in [0.25, 0.3) is 0 Å². The summed E-state index contributed by atoms with van der Waals surface area (Å²) in [6, 6.07) is 23.0. The summed E-state index contributed by atoms with van der Waals surface area (Å²) >= 11 is 0. The number of hydrogen-bond donors (Lipinski definition) is 2. The summed E-state index contributed by atoms with van der Waals surface area (Å²) in [6.45, 7) is 1.44. The van der Waals surface area contributed by atoms with Crippen molar-refractivity contribution < 1.29 is 46.0 Å². The van der Waals surface area contributed by atoms with Crippen molar-refractivity contribution in [3.8, 4) is 0 Å². The van der Waals surface area contributed by atoms with E-state index < -0.39 is 54.3 Å². The fourth-order valence-corrected chi connectivity index (χ4v) is 6.38. The van der Waals surface area contributed by atoms with E-state index in [0.717, 1.165) is 5.56 Å². The summed E-state index contributed by atoms with van der Waals surface area (Å²) in [5.41, 5.74) is 2.09. The van der Waals surface area contributed by atoms with E-state index in [-0.39, 0.29) is 18.1 Å². The zero-order valence-electron chi connectivity index (χ0n) is 21.1. The van der Waals surface area contributed by atoms with Crippen molar-refractivity contribution >= 4 is 29.7 Å². The van der Waals surface area contributed by atoms with Crippen LogP contribution < -0.4 is 0 Å². The van der Waals surface area contributed by atoms with Crippen molar-refractivity contribution in [3.05, 3.63) is 102 Å². The van der Waals surface area contributed by atoms with E-state index in [1.165, 1.54) is 24.3 Å². The number of carboxylic acids is 2. The molecule has 0 heterocycles. The van der Waals surface area contributed by atoms with Gasteiger partial charge in [-0.15, -0.1) is 0 Å². The molecule has 3 rings (SSSR count). The first-order chi connectivity index (χ1) is 18.5. The Morgan fingerprint density at radius 1 is 0.795 bits per heavy atom. The first kappa shape index (κ1) is 30.2. The molecule has 0 spiro atoms. The molecule has 39 heavy (non-hydrogen) atoms. The van der Waals surface area contributed by atoms with Gasteiger partial charge >= 0.3 is 19.5 Å². The Hall–Kier alpha value is -3.34. The van der Waals surface area contributed by atoms with Crippen molar-refractivity contribution in [1.82, 2.24) is 0 Å². The quantitative estimate of drug-likeness (QED) is 0.189. The number of aliphatic carboxylic acids is 2. The molecule has 0 radical (unpaired) electrons. The summed E-state index contributed by atoms with van der Waals surface area (Å²) in [6.07, 6.45) is -3.57. The van der Waals surface area contributed by atoms with E-state index in [0.29, 0.717) is 11.1 Å². The highest BCUT2D eigenvalue weighted by atomic mass is 32.2. The van der Waals surface area contributed by atoms with Crippen LogP contribution in [-0.2, 0) is 50.7 Å². The normalized spacial score (nSPS) is 13.5. The number of rotatable bonds is 15. The minimum atomic E-state index is -4.53. The highest BCUT2D eigenvalue weighted by molar-refractivity contribution is 7.86. The molecule has 0 aliphatic heterocycles. The van der Waals surface area contributed by atoms with Crippen LogP contribution in [0.5, 0.6) is 0 Å². The van der Waals surface area contributed by atoms with Gasteiger partial charge in [0.15, 0.2) is 6.10 Å². The molecular weight excluding hydrogens is 547 g/mol. The van der Waals surface area contributed by atoms with Crippen molar-refractivity contribution in [1.29, 1.82) is 0 Å². The number of carbonyl (C=O) groups is 2. The molecule has 0 amide bonds. The monoisotopic (exact) mass is 576 g/mol. The predicted molar refractivity (Wildman–Crippen MR) is 142 cm³/mol. The van der Waals surface area contributed by atoms with Crippen LogP contribution in [0.3, 0.4) is 0 Å². The Kier molecular flexibility index (Phi) is 10.6. The lowest BCUT2D eigenvalue weighted by molar-refractivity contribution is -0.148. The minimum Gasteiger partial charge on any atom is -0.481 e. The Morgan fingerprint density at radius 2 is 1.28 bits per heavy atom. The standard InChI is InChI=1S/C27H29O10PS/c1-20-12-14-24(15-13-20)39(33,34)37-25(27(30)31)16-23(26(28)29)19-38(32,35-17-21-8-4-2-5-9-21)36-18-22-10-6-3-7-11-22/h2-15,23,25H,16-19H2,1H3,(H,28,29)(H,30,31). The van der Waals surface area contributed by atoms with Gasteiger partial charge in [0.05, 0.1) is 30.2 Å². The Morgan fingerprint density at radius 3 is 1.72 bits per heavy atom. The van der Waals surface area contributed by atoms with E-state index >= 15 is 0 Å². The molecule has 0 aromatic heterocycles. The third-order valence-corrected chi connectivity index (χ3v) is 8.93. The number of carboxylic acid groups (broad SMARTS) is 2. The fourth-order valence-electron chi connectivity index (χ4n) is 3.51. The van der Waals surface area contributed by atoms with Crippen LogP contribution >= 0.6 is 7.60 Å². The second-order valence-electron chi connectivity index (χ2n) is 8.77. The molecule has 0 saturated heterocycles. The summed E-state index contributed by atoms with van der Waals surface area (Å²) in [7, 11) is -8.67. The molecule has 12 heteroatoms. The minimum absolute atomic E-state index is 0.153. The molecule has 2 unspecified atom stereocenters. The zero-order valence-corrected chi connectivity index (χ0v) is 22.8. The van der Waals surface area contributed by atoms with Crippen LogP contribution in [0.1, 0.15) is 23.1 Å². The molecular formula is C27H29O10PS. The first-order valence-corrected chi connectivity index (χ1v) is 15.0. The van der Waals surface area contributed by atoms with Crippen molar-refractivity contribution in [2.45, 2.75) is 37.6 Å². The first-order valence-electron chi connectivity index (χ1n) is 11.9. The van der Waals surface area contributed by atoms with Crippen molar-refractivity contribution in [2.75, 3.05) is 6.16 Å². The molecule has 0 aliphatic carbocycles. The largest absolute Gasteiger partial charge is 0.481 e. The Labute approximate surface area is 226 Å². The third-order valence-electron chi connectivity index (χ3n) is 5.66. The van der Waals surface area contributed by atoms with Crippen LogP contribution in [0.15, 0.2) is 89.8 Å². The average Bonchev–Trinajstić information content (AvgIpc) is 2.91. The van der Waals surface area contributed by atoms with E-state index in [2.05, 4.69) is 0 Å². The second kappa shape index (κ2) is 13.6. The highest BCUT2D eigenvalue weighted by Crippen LogP contribution is 2.52. The smallest absolute Gasteiger partial charge is 0.334 e. The molecule has 0 fully saturated rings. The molecule has 10 nitrogen and oxygen atoms in total. The SMILES string of the molecule is Cc1ccc(S(=O)(=O)OC(CC(CP(=O)(OCc2ccccc2)OCc2ccccc2)C(=O)O)C(=O)O)cc1. The van der Waals surface area contributed by atoms with Gasteiger partial charge in [-0.05, 0) is 36.6 Å².